The van der Waals surface area contributed by atoms with Gasteiger partial charge >= 0.3 is 0 Å². The Bertz CT molecular complexity index is 555. The van der Waals surface area contributed by atoms with Crippen LogP contribution < -0.4 is 5.32 Å². The molecular formula is C15H14Cl2FN. The first-order chi connectivity index (χ1) is 9.06. The first-order valence-corrected chi connectivity index (χ1v) is 6.74. The Morgan fingerprint density at radius 3 is 2.37 bits per heavy atom. The number of benzene rings is 2. The highest BCUT2D eigenvalue weighted by atomic mass is 35.5. The molecule has 100 valence electrons. The largest absolute Gasteiger partial charge is 0.306 e. The fourth-order valence-electron chi connectivity index (χ4n) is 1.77. The zero-order valence-electron chi connectivity index (χ0n) is 10.5. The van der Waals surface area contributed by atoms with E-state index in [1.807, 2.05) is 19.1 Å². The minimum absolute atomic E-state index is 0.139. The molecule has 0 aliphatic heterocycles. The summed E-state index contributed by atoms with van der Waals surface area (Å²) in [4.78, 5) is 0. The van der Waals surface area contributed by atoms with E-state index in [1.54, 1.807) is 18.2 Å². The van der Waals surface area contributed by atoms with Gasteiger partial charge in [-0.2, -0.15) is 0 Å². The third-order valence-corrected chi connectivity index (χ3v) is 3.71. The average Bonchev–Trinajstić information content (AvgIpc) is 2.41. The summed E-state index contributed by atoms with van der Waals surface area (Å²) in [5, 5.41) is 4.46. The Morgan fingerprint density at radius 2 is 1.74 bits per heavy atom. The third kappa shape index (κ3) is 3.93. The Labute approximate surface area is 122 Å². The zero-order chi connectivity index (χ0) is 13.8. The van der Waals surface area contributed by atoms with Gasteiger partial charge in [-0.1, -0.05) is 41.4 Å². The summed E-state index contributed by atoms with van der Waals surface area (Å²) in [6.07, 6.45) is 0. The standard InChI is InChI=1S/C15H14Cl2FN/c1-10(12-4-7-14(16)15(17)8-12)19-9-11-2-5-13(18)6-3-11/h2-8,10,19H,9H2,1H3. The Kier molecular flexibility index (Phi) is 4.81. The molecular weight excluding hydrogens is 284 g/mol. The Hall–Kier alpha value is -1.09. The van der Waals surface area contributed by atoms with Gasteiger partial charge in [0.1, 0.15) is 5.82 Å². The first kappa shape index (κ1) is 14.3. The fraction of sp³-hybridized carbons (Fsp3) is 0.200. The second-order valence-electron chi connectivity index (χ2n) is 4.40. The highest BCUT2D eigenvalue weighted by Crippen LogP contribution is 2.25. The molecule has 0 bridgehead atoms. The number of hydrogen-bond donors (Lipinski definition) is 1. The van der Waals surface area contributed by atoms with Crippen LogP contribution in [0, 0.1) is 5.82 Å². The van der Waals surface area contributed by atoms with Crippen LogP contribution in [0.25, 0.3) is 0 Å². The summed E-state index contributed by atoms with van der Waals surface area (Å²) >= 11 is 11.9. The lowest BCUT2D eigenvalue weighted by atomic mass is 10.1. The predicted octanol–water partition coefficient (Wildman–Crippen LogP) is 4.98. The summed E-state index contributed by atoms with van der Waals surface area (Å²) in [6.45, 7) is 2.71. The van der Waals surface area contributed by atoms with Gasteiger partial charge in [-0.05, 0) is 42.3 Å². The molecule has 2 rings (SSSR count). The molecule has 0 aliphatic rings. The topological polar surface area (TPSA) is 12.0 Å². The van der Waals surface area contributed by atoms with Crippen LogP contribution in [0.2, 0.25) is 10.0 Å². The smallest absolute Gasteiger partial charge is 0.123 e. The molecule has 4 heteroatoms. The van der Waals surface area contributed by atoms with E-state index in [1.165, 1.54) is 12.1 Å². The lowest BCUT2D eigenvalue weighted by Crippen LogP contribution is -2.18. The number of halogens is 3. The van der Waals surface area contributed by atoms with Gasteiger partial charge in [0, 0.05) is 12.6 Å². The van der Waals surface area contributed by atoms with E-state index < -0.39 is 0 Å². The monoisotopic (exact) mass is 297 g/mol. The SMILES string of the molecule is CC(NCc1ccc(F)cc1)c1ccc(Cl)c(Cl)c1. The minimum atomic E-state index is -0.221. The van der Waals surface area contributed by atoms with Crippen molar-refractivity contribution in [2.24, 2.45) is 0 Å². The van der Waals surface area contributed by atoms with E-state index >= 15 is 0 Å². The molecule has 0 aromatic heterocycles. The molecule has 1 unspecified atom stereocenters. The van der Waals surface area contributed by atoms with Gasteiger partial charge in [0.05, 0.1) is 10.0 Å². The van der Waals surface area contributed by atoms with Crippen LogP contribution in [-0.4, -0.2) is 0 Å². The van der Waals surface area contributed by atoms with Gasteiger partial charge in [-0.15, -0.1) is 0 Å². The Balaban J connectivity index is 1.98. The van der Waals surface area contributed by atoms with Gasteiger partial charge < -0.3 is 5.32 Å². The van der Waals surface area contributed by atoms with E-state index in [0.29, 0.717) is 16.6 Å². The highest BCUT2D eigenvalue weighted by Gasteiger charge is 2.07. The molecule has 0 heterocycles. The van der Waals surface area contributed by atoms with Gasteiger partial charge in [-0.3, -0.25) is 0 Å². The van der Waals surface area contributed by atoms with Crippen molar-refractivity contribution >= 4 is 23.2 Å². The molecule has 1 N–H and O–H groups in total. The molecule has 0 radical (unpaired) electrons. The summed E-state index contributed by atoms with van der Waals surface area (Å²) in [7, 11) is 0. The van der Waals surface area contributed by atoms with E-state index in [4.69, 9.17) is 23.2 Å². The zero-order valence-corrected chi connectivity index (χ0v) is 12.0. The van der Waals surface area contributed by atoms with Crippen LogP contribution >= 0.6 is 23.2 Å². The van der Waals surface area contributed by atoms with Crippen molar-refractivity contribution in [3.63, 3.8) is 0 Å². The van der Waals surface area contributed by atoms with Crippen molar-refractivity contribution in [2.45, 2.75) is 19.5 Å². The van der Waals surface area contributed by atoms with Crippen LogP contribution in [0.5, 0.6) is 0 Å². The van der Waals surface area contributed by atoms with Crippen LogP contribution in [0.1, 0.15) is 24.1 Å². The number of hydrogen-bond acceptors (Lipinski definition) is 1. The molecule has 1 nitrogen and oxygen atoms in total. The molecule has 0 fully saturated rings. The van der Waals surface area contributed by atoms with E-state index in [-0.39, 0.29) is 11.9 Å². The summed E-state index contributed by atoms with van der Waals surface area (Å²) in [6, 6.07) is 12.2. The van der Waals surface area contributed by atoms with Crippen LogP contribution in [-0.2, 0) is 6.54 Å². The van der Waals surface area contributed by atoms with Crippen molar-refractivity contribution in [3.05, 3.63) is 69.5 Å². The summed E-state index contributed by atoms with van der Waals surface area (Å²) in [5.41, 5.74) is 2.10. The molecule has 19 heavy (non-hydrogen) atoms. The maximum atomic E-state index is 12.8. The molecule has 0 amide bonds. The molecule has 1 atom stereocenters. The molecule has 2 aromatic rings. The summed E-state index contributed by atoms with van der Waals surface area (Å²) < 4.78 is 12.8. The quantitative estimate of drug-likeness (QED) is 0.839. The molecule has 0 aliphatic carbocycles. The second kappa shape index (κ2) is 6.38. The minimum Gasteiger partial charge on any atom is -0.306 e. The lowest BCUT2D eigenvalue weighted by Gasteiger charge is -2.15. The first-order valence-electron chi connectivity index (χ1n) is 5.99. The van der Waals surface area contributed by atoms with Gasteiger partial charge in [0.2, 0.25) is 0 Å². The Morgan fingerprint density at radius 1 is 1.05 bits per heavy atom. The van der Waals surface area contributed by atoms with E-state index in [9.17, 15) is 4.39 Å². The molecule has 0 spiro atoms. The van der Waals surface area contributed by atoms with Crippen molar-refractivity contribution in [1.82, 2.24) is 5.32 Å². The lowest BCUT2D eigenvalue weighted by molar-refractivity contribution is 0.573. The average molecular weight is 298 g/mol. The van der Waals surface area contributed by atoms with Crippen molar-refractivity contribution in [3.8, 4) is 0 Å². The van der Waals surface area contributed by atoms with Crippen molar-refractivity contribution < 1.29 is 4.39 Å². The number of rotatable bonds is 4. The third-order valence-electron chi connectivity index (χ3n) is 2.97. The number of nitrogens with one attached hydrogen (secondary N) is 1. The van der Waals surface area contributed by atoms with Gasteiger partial charge in [0.15, 0.2) is 0 Å². The second-order valence-corrected chi connectivity index (χ2v) is 5.22. The fourth-order valence-corrected chi connectivity index (χ4v) is 2.08. The van der Waals surface area contributed by atoms with Crippen LogP contribution in [0.4, 0.5) is 4.39 Å². The van der Waals surface area contributed by atoms with Crippen LogP contribution in [0.15, 0.2) is 42.5 Å². The maximum Gasteiger partial charge on any atom is 0.123 e. The molecule has 0 saturated carbocycles. The van der Waals surface area contributed by atoms with E-state index in [0.717, 1.165) is 11.1 Å². The molecule has 2 aromatic carbocycles. The van der Waals surface area contributed by atoms with Crippen molar-refractivity contribution in [2.75, 3.05) is 0 Å². The summed E-state index contributed by atoms with van der Waals surface area (Å²) in [5.74, 6) is -0.221. The van der Waals surface area contributed by atoms with Crippen LogP contribution in [0.3, 0.4) is 0 Å². The van der Waals surface area contributed by atoms with E-state index in [2.05, 4.69) is 5.32 Å². The van der Waals surface area contributed by atoms with Gasteiger partial charge in [-0.25, -0.2) is 4.39 Å². The maximum absolute atomic E-state index is 12.8. The predicted molar refractivity (Wildman–Crippen MR) is 78.1 cm³/mol. The highest BCUT2D eigenvalue weighted by molar-refractivity contribution is 6.42. The van der Waals surface area contributed by atoms with Gasteiger partial charge in [0.25, 0.3) is 0 Å². The van der Waals surface area contributed by atoms with Crippen molar-refractivity contribution in [1.29, 1.82) is 0 Å². The molecule has 0 saturated heterocycles. The normalized spacial score (nSPS) is 12.4.